The standard InChI is InChI=1S/C16H12BrN5O4S/c17-9-5-6-13(23)10(7-9)15-19-16(21-20-15)27-8-14(24)18-11-3-1-2-4-12(11)22(25)26/h1-7,23H,8H2,(H,18,24)(H,19,20,21). The molecule has 0 aliphatic carbocycles. The van der Waals surface area contributed by atoms with Gasteiger partial charge in [-0.15, -0.1) is 5.10 Å². The Morgan fingerprint density at radius 1 is 1.33 bits per heavy atom. The van der Waals surface area contributed by atoms with Gasteiger partial charge >= 0.3 is 0 Å². The molecule has 0 aliphatic heterocycles. The number of carbonyl (C=O) groups is 1. The van der Waals surface area contributed by atoms with Gasteiger partial charge in [0.2, 0.25) is 11.1 Å². The van der Waals surface area contributed by atoms with E-state index in [-0.39, 0.29) is 22.9 Å². The molecule has 1 heterocycles. The maximum Gasteiger partial charge on any atom is 0.292 e. The summed E-state index contributed by atoms with van der Waals surface area (Å²) in [7, 11) is 0. The van der Waals surface area contributed by atoms with E-state index < -0.39 is 10.8 Å². The minimum Gasteiger partial charge on any atom is -0.507 e. The second-order valence-corrected chi connectivity index (χ2v) is 7.10. The molecule has 0 spiro atoms. The van der Waals surface area contributed by atoms with Crippen LogP contribution < -0.4 is 5.32 Å². The molecule has 0 saturated carbocycles. The monoisotopic (exact) mass is 449 g/mol. The normalized spacial score (nSPS) is 10.6. The summed E-state index contributed by atoms with van der Waals surface area (Å²) in [4.78, 5) is 26.7. The minimum absolute atomic E-state index is 0.0339. The van der Waals surface area contributed by atoms with Gasteiger partial charge in [0.05, 0.1) is 16.2 Å². The average Bonchev–Trinajstić information content (AvgIpc) is 3.11. The van der Waals surface area contributed by atoms with Gasteiger partial charge < -0.3 is 10.4 Å². The number of nitrogens with one attached hydrogen (secondary N) is 2. The molecule has 0 fully saturated rings. The maximum atomic E-state index is 12.1. The van der Waals surface area contributed by atoms with Gasteiger partial charge in [0, 0.05) is 10.5 Å². The summed E-state index contributed by atoms with van der Waals surface area (Å²) in [5.74, 6) is -0.0604. The fourth-order valence-corrected chi connectivity index (χ4v) is 3.14. The van der Waals surface area contributed by atoms with Crippen LogP contribution in [-0.4, -0.2) is 36.9 Å². The Morgan fingerprint density at radius 3 is 2.89 bits per heavy atom. The Kier molecular flexibility index (Phi) is 5.72. The lowest BCUT2D eigenvalue weighted by Gasteiger charge is -2.04. The first kappa shape index (κ1) is 18.9. The van der Waals surface area contributed by atoms with Gasteiger partial charge in [0.1, 0.15) is 11.4 Å². The van der Waals surface area contributed by atoms with Crippen LogP contribution in [0.25, 0.3) is 11.4 Å². The third kappa shape index (κ3) is 4.63. The first-order chi connectivity index (χ1) is 12.9. The Hall–Kier alpha value is -2.92. The van der Waals surface area contributed by atoms with Crippen molar-refractivity contribution in [2.75, 3.05) is 11.1 Å². The number of anilines is 1. The summed E-state index contributed by atoms with van der Waals surface area (Å²) < 4.78 is 0.768. The number of nitro benzene ring substituents is 1. The number of thioether (sulfide) groups is 1. The molecule has 2 aromatic carbocycles. The van der Waals surface area contributed by atoms with Gasteiger partial charge in [-0.05, 0) is 24.3 Å². The summed E-state index contributed by atoms with van der Waals surface area (Å²) in [6.07, 6.45) is 0. The zero-order valence-corrected chi connectivity index (χ0v) is 16.0. The van der Waals surface area contributed by atoms with Crippen LogP contribution in [0.5, 0.6) is 5.75 Å². The second kappa shape index (κ2) is 8.18. The van der Waals surface area contributed by atoms with Crippen molar-refractivity contribution in [2.24, 2.45) is 0 Å². The number of nitrogens with zero attached hydrogens (tertiary/aromatic N) is 3. The molecule has 3 aromatic rings. The number of carbonyl (C=O) groups excluding carboxylic acids is 1. The molecule has 0 saturated heterocycles. The zero-order valence-electron chi connectivity index (χ0n) is 13.5. The van der Waals surface area contributed by atoms with E-state index in [0.29, 0.717) is 16.5 Å². The molecule has 0 aliphatic rings. The van der Waals surface area contributed by atoms with E-state index >= 15 is 0 Å². The van der Waals surface area contributed by atoms with Crippen molar-refractivity contribution in [3.63, 3.8) is 0 Å². The predicted octanol–water partition coefficient (Wildman–Crippen LogP) is 3.58. The summed E-state index contributed by atoms with van der Waals surface area (Å²) >= 11 is 4.38. The largest absolute Gasteiger partial charge is 0.507 e. The van der Waals surface area contributed by atoms with Crippen LogP contribution in [0.3, 0.4) is 0 Å². The SMILES string of the molecule is O=C(CSc1n[nH]c(-c2cc(Br)ccc2O)n1)Nc1ccccc1[N+](=O)[O-]. The third-order valence-corrected chi connectivity index (χ3v) is 4.73. The number of phenols is 1. The number of H-pyrrole nitrogens is 1. The number of rotatable bonds is 6. The topological polar surface area (TPSA) is 134 Å². The quantitative estimate of drug-likeness (QED) is 0.297. The van der Waals surface area contributed by atoms with Crippen LogP contribution in [0.1, 0.15) is 0 Å². The summed E-state index contributed by atoms with van der Waals surface area (Å²) in [5, 5.41) is 30.4. The van der Waals surface area contributed by atoms with Crippen LogP contribution >= 0.6 is 27.7 Å². The predicted molar refractivity (Wildman–Crippen MR) is 104 cm³/mol. The molecule has 27 heavy (non-hydrogen) atoms. The van der Waals surface area contributed by atoms with E-state index in [9.17, 15) is 20.0 Å². The lowest BCUT2D eigenvalue weighted by atomic mass is 10.2. The number of aromatic hydroxyl groups is 1. The smallest absolute Gasteiger partial charge is 0.292 e. The molecule has 3 N–H and O–H groups in total. The van der Waals surface area contributed by atoms with Crippen LogP contribution in [-0.2, 0) is 4.79 Å². The number of nitro groups is 1. The zero-order chi connectivity index (χ0) is 19.4. The molecule has 0 unspecified atom stereocenters. The van der Waals surface area contributed by atoms with Gasteiger partial charge in [-0.2, -0.15) is 0 Å². The van der Waals surface area contributed by atoms with Crippen LogP contribution in [0.15, 0.2) is 52.1 Å². The van der Waals surface area contributed by atoms with Crippen molar-refractivity contribution >= 4 is 45.0 Å². The number of aromatic nitrogens is 3. The van der Waals surface area contributed by atoms with E-state index in [1.165, 1.54) is 24.3 Å². The van der Waals surface area contributed by atoms with E-state index in [4.69, 9.17) is 0 Å². The van der Waals surface area contributed by atoms with Crippen molar-refractivity contribution in [2.45, 2.75) is 5.16 Å². The van der Waals surface area contributed by atoms with Gasteiger partial charge in [-0.3, -0.25) is 20.0 Å². The number of phenolic OH excluding ortho intramolecular Hbond substituents is 1. The molecular formula is C16H12BrN5O4S. The average molecular weight is 450 g/mol. The Labute approximate surface area is 165 Å². The number of hydrogen-bond acceptors (Lipinski definition) is 7. The summed E-state index contributed by atoms with van der Waals surface area (Å²) in [5.41, 5.74) is 0.414. The Morgan fingerprint density at radius 2 is 2.11 bits per heavy atom. The lowest BCUT2D eigenvalue weighted by Crippen LogP contribution is -2.15. The van der Waals surface area contributed by atoms with Crippen molar-refractivity contribution in [1.29, 1.82) is 0 Å². The molecule has 1 amide bonds. The molecule has 11 heteroatoms. The number of para-hydroxylation sites is 2. The minimum atomic E-state index is -0.561. The number of amides is 1. The molecule has 1 aromatic heterocycles. The van der Waals surface area contributed by atoms with Gasteiger partial charge in [-0.25, -0.2) is 4.98 Å². The van der Waals surface area contributed by atoms with E-state index in [1.807, 2.05) is 0 Å². The lowest BCUT2D eigenvalue weighted by molar-refractivity contribution is -0.383. The molecule has 138 valence electrons. The number of halogens is 1. The van der Waals surface area contributed by atoms with Crippen molar-refractivity contribution in [3.05, 3.63) is 57.1 Å². The highest BCUT2D eigenvalue weighted by atomic mass is 79.9. The molecule has 0 bridgehead atoms. The van der Waals surface area contributed by atoms with Crippen molar-refractivity contribution in [3.8, 4) is 17.1 Å². The fourth-order valence-electron chi connectivity index (χ4n) is 2.18. The first-order valence-corrected chi connectivity index (χ1v) is 9.29. The highest BCUT2D eigenvalue weighted by Crippen LogP contribution is 2.30. The molecule has 3 rings (SSSR count). The fraction of sp³-hybridized carbons (Fsp3) is 0.0625. The molecule has 9 nitrogen and oxygen atoms in total. The molecule has 0 radical (unpaired) electrons. The van der Waals surface area contributed by atoms with E-state index in [0.717, 1.165) is 16.2 Å². The van der Waals surface area contributed by atoms with Crippen molar-refractivity contribution < 1.29 is 14.8 Å². The maximum absolute atomic E-state index is 12.1. The highest BCUT2D eigenvalue weighted by Gasteiger charge is 2.16. The van der Waals surface area contributed by atoms with Crippen LogP contribution in [0.2, 0.25) is 0 Å². The summed E-state index contributed by atoms with van der Waals surface area (Å²) in [6, 6.07) is 10.8. The first-order valence-electron chi connectivity index (χ1n) is 7.51. The molecular weight excluding hydrogens is 438 g/mol. The van der Waals surface area contributed by atoms with E-state index in [1.54, 1.807) is 18.2 Å². The molecule has 0 atom stereocenters. The van der Waals surface area contributed by atoms with Gasteiger partial charge in [0.15, 0.2) is 5.82 Å². The second-order valence-electron chi connectivity index (χ2n) is 5.24. The van der Waals surface area contributed by atoms with Gasteiger partial charge in [-0.1, -0.05) is 39.8 Å². The number of aromatic amines is 1. The Balaban J connectivity index is 1.64. The van der Waals surface area contributed by atoms with Gasteiger partial charge in [0.25, 0.3) is 5.69 Å². The summed E-state index contributed by atoms with van der Waals surface area (Å²) in [6.45, 7) is 0. The Bertz CT molecular complexity index is 1010. The van der Waals surface area contributed by atoms with Crippen molar-refractivity contribution in [1.82, 2.24) is 15.2 Å². The third-order valence-electron chi connectivity index (χ3n) is 3.39. The van der Waals surface area contributed by atoms with Crippen LogP contribution in [0, 0.1) is 10.1 Å². The van der Waals surface area contributed by atoms with E-state index in [2.05, 4.69) is 36.4 Å². The highest BCUT2D eigenvalue weighted by molar-refractivity contribution is 9.10. The number of hydrogen-bond donors (Lipinski definition) is 3. The van der Waals surface area contributed by atoms with Crippen LogP contribution in [0.4, 0.5) is 11.4 Å². The number of benzene rings is 2.